The summed E-state index contributed by atoms with van der Waals surface area (Å²) < 4.78 is 35.1. The highest BCUT2D eigenvalue weighted by atomic mass is 35.5. The molecule has 0 saturated heterocycles. The molecule has 0 fully saturated rings. The van der Waals surface area contributed by atoms with E-state index in [9.17, 15) is 13.2 Å². The van der Waals surface area contributed by atoms with Crippen molar-refractivity contribution < 1.29 is 17.6 Å². The second-order valence-electron chi connectivity index (χ2n) is 5.20. The van der Waals surface area contributed by atoms with Crippen LogP contribution in [0.5, 0.6) is 5.75 Å². The summed E-state index contributed by atoms with van der Waals surface area (Å²) in [4.78, 5) is 11.6. The summed E-state index contributed by atoms with van der Waals surface area (Å²) in [6, 6.07) is 12.7. The van der Waals surface area contributed by atoms with Crippen LogP contribution in [-0.2, 0) is 9.84 Å². The standard InChI is InChI=1S/C18H13ClO5S/c1-23-15-5-2-12(3-6-15)8-9-25(21,22)17-11-13-10-14(19)4-7-16(13)24-18(17)20/h2-11H,1H3/b9-8+. The molecule has 0 amide bonds. The largest absolute Gasteiger partial charge is 0.497 e. The topological polar surface area (TPSA) is 73.6 Å². The molecule has 1 aromatic heterocycles. The molecule has 0 radical (unpaired) electrons. The number of hydrogen-bond donors (Lipinski definition) is 0. The zero-order valence-electron chi connectivity index (χ0n) is 13.1. The minimum atomic E-state index is -3.97. The van der Waals surface area contributed by atoms with E-state index in [1.54, 1.807) is 37.4 Å². The summed E-state index contributed by atoms with van der Waals surface area (Å²) in [6.07, 6.45) is 1.40. The molecule has 0 N–H and O–H groups in total. The lowest BCUT2D eigenvalue weighted by molar-refractivity contribution is 0.415. The number of hydrogen-bond acceptors (Lipinski definition) is 5. The second kappa shape index (κ2) is 6.74. The van der Waals surface area contributed by atoms with E-state index in [2.05, 4.69) is 0 Å². The zero-order chi connectivity index (χ0) is 18.0. The number of fused-ring (bicyclic) bond motifs is 1. The molecule has 2 aromatic carbocycles. The fourth-order valence-electron chi connectivity index (χ4n) is 2.23. The molecule has 7 heteroatoms. The van der Waals surface area contributed by atoms with E-state index in [1.165, 1.54) is 24.3 Å². The van der Waals surface area contributed by atoms with Crippen LogP contribution in [0.2, 0.25) is 5.02 Å². The van der Waals surface area contributed by atoms with Crippen LogP contribution in [0.4, 0.5) is 0 Å². The van der Waals surface area contributed by atoms with Crippen LogP contribution in [-0.4, -0.2) is 15.5 Å². The Bertz CT molecular complexity index is 1110. The SMILES string of the molecule is COc1ccc(/C=C/S(=O)(=O)c2cc3cc(Cl)ccc3oc2=O)cc1. The third-order valence-corrected chi connectivity index (χ3v) is 5.15. The van der Waals surface area contributed by atoms with Gasteiger partial charge < -0.3 is 9.15 Å². The number of sulfone groups is 1. The first-order chi connectivity index (χ1) is 11.9. The maximum atomic E-state index is 12.5. The van der Waals surface area contributed by atoms with Gasteiger partial charge in [0.15, 0.2) is 4.90 Å². The van der Waals surface area contributed by atoms with Gasteiger partial charge in [0.05, 0.1) is 7.11 Å². The van der Waals surface area contributed by atoms with Crippen LogP contribution in [0.15, 0.2) is 68.0 Å². The zero-order valence-corrected chi connectivity index (χ0v) is 14.7. The molecule has 0 atom stereocenters. The first kappa shape index (κ1) is 17.3. The fourth-order valence-corrected chi connectivity index (χ4v) is 3.46. The van der Waals surface area contributed by atoms with E-state index in [0.717, 1.165) is 5.41 Å². The van der Waals surface area contributed by atoms with Gasteiger partial charge in [-0.3, -0.25) is 0 Å². The van der Waals surface area contributed by atoms with Crippen molar-refractivity contribution >= 4 is 38.5 Å². The first-order valence-electron chi connectivity index (χ1n) is 7.20. The van der Waals surface area contributed by atoms with Gasteiger partial charge in [0.2, 0.25) is 9.84 Å². The van der Waals surface area contributed by atoms with E-state index in [0.29, 0.717) is 21.7 Å². The van der Waals surface area contributed by atoms with Gasteiger partial charge in [0.1, 0.15) is 11.3 Å². The monoisotopic (exact) mass is 376 g/mol. The van der Waals surface area contributed by atoms with Crippen molar-refractivity contribution in [1.82, 2.24) is 0 Å². The maximum Gasteiger partial charge on any atom is 0.355 e. The van der Waals surface area contributed by atoms with Gasteiger partial charge in [-0.1, -0.05) is 23.7 Å². The molecule has 0 aliphatic heterocycles. The minimum Gasteiger partial charge on any atom is -0.497 e. The minimum absolute atomic E-state index is 0.271. The average Bonchev–Trinajstić information content (AvgIpc) is 2.60. The Morgan fingerprint density at radius 1 is 1.08 bits per heavy atom. The van der Waals surface area contributed by atoms with Crippen LogP contribution < -0.4 is 10.4 Å². The van der Waals surface area contributed by atoms with Crippen molar-refractivity contribution in [3.63, 3.8) is 0 Å². The molecule has 0 aliphatic rings. The van der Waals surface area contributed by atoms with Gasteiger partial charge in [-0.2, -0.15) is 0 Å². The van der Waals surface area contributed by atoms with E-state index >= 15 is 0 Å². The number of halogens is 1. The highest BCUT2D eigenvalue weighted by Gasteiger charge is 2.18. The summed E-state index contributed by atoms with van der Waals surface area (Å²) in [6.45, 7) is 0. The molecule has 3 aromatic rings. The maximum absolute atomic E-state index is 12.5. The summed E-state index contributed by atoms with van der Waals surface area (Å²) in [5.41, 5.74) is -0.000663. The quantitative estimate of drug-likeness (QED) is 0.645. The van der Waals surface area contributed by atoms with E-state index in [1.807, 2.05) is 0 Å². The number of methoxy groups -OCH3 is 1. The Balaban J connectivity index is 2.01. The van der Waals surface area contributed by atoms with Crippen molar-refractivity contribution in [1.29, 1.82) is 0 Å². The molecule has 0 unspecified atom stereocenters. The summed E-state index contributed by atoms with van der Waals surface area (Å²) in [5.74, 6) is 0.659. The lowest BCUT2D eigenvalue weighted by Crippen LogP contribution is -2.11. The molecule has 128 valence electrons. The van der Waals surface area contributed by atoms with Crippen LogP contribution >= 0.6 is 11.6 Å². The highest BCUT2D eigenvalue weighted by molar-refractivity contribution is 7.94. The summed E-state index contributed by atoms with van der Waals surface area (Å²) in [7, 11) is -2.43. The van der Waals surface area contributed by atoms with Crippen molar-refractivity contribution in [2.75, 3.05) is 7.11 Å². The molecule has 0 bridgehead atoms. The van der Waals surface area contributed by atoms with Gasteiger partial charge in [-0.05, 0) is 48.0 Å². The predicted molar refractivity (Wildman–Crippen MR) is 96.7 cm³/mol. The van der Waals surface area contributed by atoms with Gasteiger partial charge in [-0.25, -0.2) is 13.2 Å². The lowest BCUT2D eigenvalue weighted by atomic mass is 10.2. The number of rotatable bonds is 4. The Morgan fingerprint density at radius 2 is 1.80 bits per heavy atom. The van der Waals surface area contributed by atoms with Gasteiger partial charge >= 0.3 is 5.63 Å². The molecule has 1 heterocycles. The number of benzene rings is 2. The molecule has 5 nitrogen and oxygen atoms in total. The molecular formula is C18H13ClO5S. The normalized spacial score (nSPS) is 11.9. The summed E-state index contributed by atoms with van der Waals surface area (Å²) >= 11 is 5.90. The van der Waals surface area contributed by atoms with E-state index in [4.69, 9.17) is 20.8 Å². The molecule has 0 spiro atoms. The van der Waals surface area contributed by atoms with Gasteiger partial charge in [0.25, 0.3) is 0 Å². The molecule has 0 saturated carbocycles. The van der Waals surface area contributed by atoms with Crippen LogP contribution in [0.25, 0.3) is 17.0 Å². The van der Waals surface area contributed by atoms with E-state index in [-0.39, 0.29) is 5.58 Å². The number of ether oxygens (including phenoxy) is 1. The van der Waals surface area contributed by atoms with Crippen molar-refractivity contribution in [2.45, 2.75) is 4.90 Å². The van der Waals surface area contributed by atoms with Gasteiger partial charge in [0, 0.05) is 15.8 Å². The fraction of sp³-hybridized carbons (Fsp3) is 0.0556. The highest BCUT2D eigenvalue weighted by Crippen LogP contribution is 2.21. The van der Waals surface area contributed by atoms with Crippen molar-refractivity contribution in [3.8, 4) is 5.75 Å². The molecule has 25 heavy (non-hydrogen) atoms. The third kappa shape index (κ3) is 3.75. The van der Waals surface area contributed by atoms with Crippen LogP contribution in [0, 0.1) is 0 Å². The third-order valence-electron chi connectivity index (χ3n) is 3.52. The molecule has 0 aliphatic carbocycles. The Hall–Kier alpha value is -2.57. The van der Waals surface area contributed by atoms with E-state index < -0.39 is 20.4 Å². The van der Waals surface area contributed by atoms with Gasteiger partial charge in [-0.15, -0.1) is 0 Å². The van der Waals surface area contributed by atoms with Crippen LogP contribution in [0.3, 0.4) is 0 Å². The predicted octanol–water partition coefficient (Wildman–Crippen LogP) is 3.90. The van der Waals surface area contributed by atoms with Crippen molar-refractivity contribution in [2.24, 2.45) is 0 Å². The van der Waals surface area contributed by atoms with Crippen molar-refractivity contribution in [3.05, 3.63) is 74.9 Å². The summed E-state index contributed by atoms with van der Waals surface area (Å²) in [5, 5.41) is 1.82. The Morgan fingerprint density at radius 3 is 2.48 bits per heavy atom. The molecule has 3 rings (SSSR count). The second-order valence-corrected chi connectivity index (χ2v) is 7.44. The first-order valence-corrected chi connectivity index (χ1v) is 9.12. The molecular weight excluding hydrogens is 364 g/mol. The smallest absolute Gasteiger partial charge is 0.355 e. The Labute approximate surface area is 149 Å². The van der Waals surface area contributed by atoms with Crippen LogP contribution in [0.1, 0.15) is 5.56 Å². The Kier molecular flexibility index (Phi) is 4.65. The lowest BCUT2D eigenvalue weighted by Gasteiger charge is -2.02. The average molecular weight is 377 g/mol.